The smallest absolute Gasteiger partial charge is 0.323 e. The van der Waals surface area contributed by atoms with Crippen molar-refractivity contribution in [2.75, 3.05) is 30.9 Å². The molecular formula is C14H19N5O2. The lowest BCUT2D eigenvalue weighted by Crippen LogP contribution is -2.09. The molecule has 0 saturated carbocycles. The maximum Gasteiger partial charge on any atom is 0.323 e. The van der Waals surface area contributed by atoms with E-state index in [1.807, 2.05) is 38.1 Å². The summed E-state index contributed by atoms with van der Waals surface area (Å²) in [6, 6.07) is 7.80. The number of anilines is 3. The maximum atomic E-state index is 5.35. The molecule has 0 radical (unpaired) electrons. The third-order valence-electron chi connectivity index (χ3n) is 2.55. The van der Waals surface area contributed by atoms with Crippen LogP contribution < -0.4 is 20.1 Å². The molecule has 7 heteroatoms. The van der Waals surface area contributed by atoms with E-state index in [1.165, 1.54) is 0 Å². The summed E-state index contributed by atoms with van der Waals surface area (Å²) in [4.78, 5) is 12.7. The fourth-order valence-electron chi connectivity index (χ4n) is 1.67. The number of nitrogens with zero attached hydrogens (tertiary/aromatic N) is 3. The summed E-state index contributed by atoms with van der Waals surface area (Å²) in [5.74, 6) is 1.64. The molecule has 1 aromatic heterocycles. The van der Waals surface area contributed by atoms with E-state index < -0.39 is 0 Å². The van der Waals surface area contributed by atoms with Gasteiger partial charge in [0.05, 0.1) is 13.7 Å². The second-order valence-corrected chi connectivity index (χ2v) is 4.09. The number of benzene rings is 1. The van der Waals surface area contributed by atoms with Crippen LogP contribution in [0.3, 0.4) is 0 Å². The third-order valence-corrected chi connectivity index (χ3v) is 2.55. The van der Waals surface area contributed by atoms with Gasteiger partial charge in [-0.25, -0.2) is 0 Å². The first kappa shape index (κ1) is 14.8. The van der Waals surface area contributed by atoms with Crippen molar-refractivity contribution in [1.29, 1.82) is 0 Å². The molecule has 0 atom stereocenters. The molecule has 2 aromatic rings. The van der Waals surface area contributed by atoms with Gasteiger partial charge in [0.15, 0.2) is 0 Å². The van der Waals surface area contributed by atoms with E-state index in [2.05, 4.69) is 25.6 Å². The van der Waals surface area contributed by atoms with Crippen molar-refractivity contribution in [2.45, 2.75) is 13.8 Å². The van der Waals surface area contributed by atoms with Crippen LogP contribution in [0.25, 0.3) is 0 Å². The molecule has 0 aliphatic heterocycles. The molecule has 112 valence electrons. The first-order chi connectivity index (χ1) is 10.2. The summed E-state index contributed by atoms with van der Waals surface area (Å²) in [6.07, 6.45) is 0. The van der Waals surface area contributed by atoms with Gasteiger partial charge in [0.2, 0.25) is 11.9 Å². The fourth-order valence-corrected chi connectivity index (χ4v) is 1.67. The molecule has 0 bridgehead atoms. The lowest BCUT2D eigenvalue weighted by molar-refractivity contribution is 0.312. The van der Waals surface area contributed by atoms with Gasteiger partial charge in [0.25, 0.3) is 0 Å². The van der Waals surface area contributed by atoms with Gasteiger partial charge in [-0.1, -0.05) is 6.07 Å². The lowest BCUT2D eigenvalue weighted by atomic mass is 10.3. The van der Waals surface area contributed by atoms with E-state index in [4.69, 9.17) is 9.47 Å². The Morgan fingerprint density at radius 3 is 2.62 bits per heavy atom. The van der Waals surface area contributed by atoms with Gasteiger partial charge in [0, 0.05) is 18.3 Å². The molecule has 7 nitrogen and oxygen atoms in total. The minimum Gasteiger partial charge on any atom is -0.497 e. The van der Waals surface area contributed by atoms with Crippen molar-refractivity contribution < 1.29 is 9.47 Å². The van der Waals surface area contributed by atoms with Gasteiger partial charge in [-0.2, -0.15) is 15.0 Å². The van der Waals surface area contributed by atoms with Crippen LogP contribution in [0.2, 0.25) is 0 Å². The van der Waals surface area contributed by atoms with Gasteiger partial charge in [-0.05, 0) is 26.0 Å². The molecule has 1 aromatic carbocycles. The predicted octanol–water partition coefficient (Wildman–Crippen LogP) is 2.45. The lowest BCUT2D eigenvalue weighted by Gasteiger charge is -2.10. The highest BCUT2D eigenvalue weighted by Crippen LogP contribution is 2.20. The number of rotatable bonds is 7. The zero-order valence-corrected chi connectivity index (χ0v) is 12.4. The quantitative estimate of drug-likeness (QED) is 0.810. The summed E-state index contributed by atoms with van der Waals surface area (Å²) >= 11 is 0. The normalized spacial score (nSPS) is 10.0. The van der Waals surface area contributed by atoms with Crippen molar-refractivity contribution in [2.24, 2.45) is 0 Å². The van der Waals surface area contributed by atoms with E-state index in [0.29, 0.717) is 25.0 Å². The second-order valence-electron chi connectivity index (χ2n) is 4.09. The van der Waals surface area contributed by atoms with Gasteiger partial charge in [0.1, 0.15) is 5.75 Å². The Morgan fingerprint density at radius 2 is 1.90 bits per heavy atom. The highest BCUT2D eigenvalue weighted by atomic mass is 16.5. The summed E-state index contributed by atoms with van der Waals surface area (Å²) in [5.41, 5.74) is 0.824. The molecule has 0 aliphatic carbocycles. The van der Waals surface area contributed by atoms with E-state index in [0.717, 1.165) is 11.4 Å². The number of ether oxygens (including phenoxy) is 2. The van der Waals surface area contributed by atoms with Crippen LogP contribution in [0.4, 0.5) is 17.6 Å². The maximum absolute atomic E-state index is 5.35. The highest BCUT2D eigenvalue weighted by molar-refractivity contribution is 5.56. The van der Waals surface area contributed by atoms with Gasteiger partial charge >= 0.3 is 6.01 Å². The summed E-state index contributed by atoms with van der Waals surface area (Å²) in [5, 5.41) is 6.16. The van der Waals surface area contributed by atoms with Crippen molar-refractivity contribution in [1.82, 2.24) is 15.0 Å². The Morgan fingerprint density at radius 1 is 1.10 bits per heavy atom. The summed E-state index contributed by atoms with van der Waals surface area (Å²) in [6.45, 7) is 5.06. The van der Waals surface area contributed by atoms with Gasteiger partial charge < -0.3 is 20.1 Å². The summed E-state index contributed by atoms with van der Waals surface area (Å²) < 4.78 is 10.5. The first-order valence-corrected chi connectivity index (χ1v) is 6.79. The molecule has 0 fully saturated rings. The van der Waals surface area contributed by atoms with Crippen molar-refractivity contribution in [3.8, 4) is 11.8 Å². The van der Waals surface area contributed by atoms with Crippen LogP contribution in [0.5, 0.6) is 11.8 Å². The number of nitrogens with one attached hydrogen (secondary N) is 2. The number of hydrogen-bond acceptors (Lipinski definition) is 7. The van der Waals surface area contributed by atoms with E-state index in [-0.39, 0.29) is 6.01 Å². The Bertz CT molecular complexity index is 567. The number of aromatic nitrogens is 3. The second kappa shape index (κ2) is 7.28. The molecule has 0 aliphatic rings. The SMILES string of the molecule is CCNc1nc(Nc2cccc(OC)c2)nc(OCC)n1. The van der Waals surface area contributed by atoms with Crippen LogP contribution >= 0.6 is 0 Å². The third kappa shape index (κ3) is 4.20. The van der Waals surface area contributed by atoms with E-state index in [9.17, 15) is 0 Å². The van der Waals surface area contributed by atoms with Crippen molar-refractivity contribution in [3.63, 3.8) is 0 Å². The molecular weight excluding hydrogens is 270 g/mol. The molecule has 0 spiro atoms. The van der Waals surface area contributed by atoms with Crippen molar-refractivity contribution >= 4 is 17.6 Å². The highest BCUT2D eigenvalue weighted by Gasteiger charge is 2.07. The molecule has 2 rings (SSSR count). The van der Waals surface area contributed by atoms with Gasteiger partial charge in [-0.15, -0.1) is 0 Å². The topological polar surface area (TPSA) is 81.2 Å². The monoisotopic (exact) mass is 289 g/mol. The predicted molar refractivity (Wildman–Crippen MR) is 81.4 cm³/mol. The molecule has 0 saturated heterocycles. The zero-order valence-electron chi connectivity index (χ0n) is 12.4. The van der Waals surface area contributed by atoms with Crippen molar-refractivity contribution in [3.05, 3.63) is 24.3 Å². The van der Waals surface area contributed by atoms with Gasteiger partial charge in [-0.3, -0.25) is 0 Å². The molecule has 1 heterocycles. The Balaban J connectivity index is 2.24. The molecule has 0 amide bonds. The van der Waals surface area contributed by atoms with Crippen LogP contribution in [-0.4, -0.2) is 35.2 Å². The number of hydrogen-bond donors (Lipinski definition) is 2. The molecule has 2 N–H and O–H groups in total. The first-order valence-electron chi connectivity index (χ1n) is 6.79. The largest absolute Gasteiger partial charge is 0.497 e. The Labute approximate surface area is 123 Å². The average molecular weight is 289 g/mol. The van der Waals surface area contributed by atoms with Crippen LogP contribution in [-0.2, 0) is 0 Å². The van der Waals surface area contributed by atoms with Crippen LogP contribution in [0, 0.1) is 0 Å². The fraction of sp³-hybridized carbons (Fsp3) is 0.357. The van der Waals surface area contributed by atoms with Crippen LogP contribution in [0.1, 0.15) is 13.8 Å². The Hall–Kier alpha value is -2.57. The number of methoxy groups -OCH3 is 1. The molecule has 0 unspecified atom stereocenters. The van der Waals surface area contributed by atoms with E-state index >= 15 is 0 Å². The minimum absolute atomic E-state index is 0.286. The zero-order chi connectivity index (χ0) is 15.1. The minimum atomic E-state index is 0.286. The summed E-state index contributed by atoms with van der Waals surface area (Å²) in [7, 11) is 1.62. The van der Waals surface area contributed by atoms with E-state index in [1.54, 1.807) is 7.11 Å². The Kier molecular flexibility index (Phi) is 5.14. The average Bonchev–Trinajstić information content (AvgIpc) is 2.48. The molecule has 21 heavy (non-hydrogen) atoms. The van der Waals surface area contributed by atoms with Crippen LogP contribution in [0.15, 0.2) is 24.3 Å². The standard InChI is InChI=1S/C14H19N5O2/c1-4-15-12-17-13(19-14(18-12)21-5-2)16-10-7-6-8-11(9-10)20-3/h6-9H,4-5H2,1-3H3,(H2,15,16,17,18,19).